The van der Waals surface area contributed by atoms with Crippen LogP contribution in [-0.4, -0.2) is 47.7 Å². The van der Waals surface area contributed by atoms with Gasteiger partial charge in [0.1, 0.15) is 0 Å². The third-order valence-corrected chi connectivity index (χ3v) is 2.90. The molecule has 0 aliphatic carbocycles. The highest BCUT2D eigenvalue weighted by Gasteiger charge is 2.18. The molecule has 0 aliphatic rings. The Kier molecular flexibility index (Phi) is 3.79. The zero-order valence-corrected chi connectivity index (χ0v) is 10.8. The first kappa shape index (κ1) is 13.1. The quantitative estimate of drug-likeness (QED) is 0.839. The Morgan fingerprint density at radius 2 is 2.11 bits per heavy atom. The third kappa shape index (κ3) is 2.73. The number of aromatic amines is 1. The highest BCUT2D eigenvalue weighted by atomic mass is 16.5. The summed E-state index contributed by atoms with van der Waals surface area (Å²) < 4.78 is 4.54. The van der Waals surface area contributed by atoms with E-state index in [4.69, 9.17) is 0 Å². The summed E-state index contributed by atoms with van der Waals surface area (Å²) in [6, 6.07) is 7.41. The van der Waals surface area contributed by atoms with Gasteiger partial charge in [-0.05, 0) is 6.07 Å². The number of nitrogens with zero attached hydrogens (tertiary/aromatic N) is 2. The zero-order chi connectivity index (χ0) is 13.8. The molecular weight excluding hydrogens is 246 g/mol. The lowest BCUT2D eigenvalue weighted by atomic mass is 10.2. The van der Waals surface area contributed by atoms with Crippen molar-refractivity contribution in [1.82, 2.24) is 15.1 Å². The van der Waals surface area contributed by atoms with E-state index in [1.165, 1.54) is 12.0 Å². The topological polar surface area (TPSA) is 75.3 Å². The third-order valence-electron chi connectivity index (χ3n) is 2.90. The summed E-state index contributed by atoms with van der Waals surface area (Å²) in [4.78, 5) is 24.7. The van der Waals surface area contributed by atoms with Crippen LogP contribution in [0.1, 0.15) is 16.9 Å². The smallest absolute Gasteiger partial charge is 0.307 e. The van der Waals surface area contributed by atoms with Crippen molar-refractivity contribution in [3.63, 3.8) is 0 Å². The fourth-order valence-corrected chi connectivity index (χ4v) is 1.77. The molecule has 6 heteroatoms. The van der Waals surface area contributed by atoms with Crippen LogP contribution in [0, 0.1) is 0 Å². The summed E-state index contributed by atoms with van der Waals surface area (Å²) in [5.41, 5.74) is 1.18. The van der Waals surface area contributed by atoms with Gasteiger partial charge in [-0.3, -0.25) is 14.7 Å². The number of H-pyrrole nitrogens is 1. The number of aromatic nitrogens is 2. The van der Waals surface area contributed by atoms with Gasteiger partial charge in [-0.2, -0.15) is 5.10 Å². The maximum Gasteiger partial charge on any atom is 0.307 e. The Bertz CT molecular complexity index is 606. The number of fused-ring (bicyclic) bond motifs is 1. The Labute approximate surface area is 110 Å². The predicted octanol–water partition coefficient (Wildman–Crippen LogP) is 1.20. The molecule has 0 atom stereocenters. The number of nitrogens with one attached hydrogen (secondary N) is 1. The van der Waals surface area contributed by atoms with Crippen LogP contribution in [-0.2, 0) is 9.53 Å². The SMILES string of the molecule is COC(=O)CCN(C)C(=O)c1n[nH]c2ccccc12. The number of amides is 1. The fourth-order valence-electron chi connectivity index (χ4n) is 1.77. The van der Waals surface area contributed by atoms with Crippen LogP contribution >= 0.6 is 0 Å². The molecule has 1 N–H and O–H groups in total. The molecule has 1 aromatic carbocycles. The Morgan fingerprint density at radius 3 is 2.84 bits per heavy atom. The van der Waals surface area contributed by atoms with E-state index in [1.807, 2.05) is 24.3 Å². The second kappa shape index (κ2) is 5.51. The predicted molar refractivity (Wildman–Crippen MR) is 69.7 cm³/mol. The zero-order valence-electron chi connectivity index (χ0n) is 10.8. The molecule has 100 valence electrons. The maximum absolute atomic E-state index is 12.2. The summed E-state index contributed by atoms with van der Waals surface area (Å²) >= 11 is 0. The lowest BCUT2D eigenvalue weighted by molar-refractivity contribution is -0.140. The van der Waals surface area contributed by atoms with Crippen molar-refractivity contribution in [3.05, 3.63) is 30.0 Å². The van der Waals surface area contributed by atoms with Gasteiger partial charge in [0.05, 0.1) is 19.0 Å². The number of carbonyl (C=O) groups is 2. The maximum atomic E-state index is 12.2. The normalized spacial score (nSPS) is 10.4. The van der Waals surface area contributed by atoms with Crippen LogP contribution in [0.4, 0.5) is 0 Å². The van der Waals surface area contributed by atoms with Gasteiger partial charge in [-0.15, -0.1) is 0 Å². The lowest BCUT2D eigenvalue weighted by Crippen LogP contribution is -2.29. The van der Waals surface area contributed by atoms with Crippen LogP contribution < -0.4 is 0 Å². The number of para-hydroxylation sites is 1. The van der Waals surface area contributed by atoms with E-state index in [9.17, 15) is 9.59 Å². The second-order valence-electron chi connectivity index (χ2n) is 4.17. The number of carbonyl (C=O) groups excluding carboxylic acids is 2. The molecule has 0 radical (unpaired) electrons. The van der Waals surface area contributed by atoms with Gasteiger partial charge in [0.15, 0.2) is 5.69 Å². The van der Waals surface area contributed by atoms with Crippen molar-refractivity contribution in [2.24, 2.45) is 0 Å². The summed E-state index contributed by atoms with van der Waals surface area (Å²) in [6.45, 7) is 0.298. The molecule has 1 heterocycles. The molecule has 0 aliphatic heterocycles. The highest BCUT2D eigenvalue weighted by Crippen LogP contribution is 2.16. The Balaban J connectivity index is 2.13. The molecule has 2 aromatic rings. The van der Waals surface area contributed by atoms with E-state index in [0.29, 0.717) is 12.2 Å². The van der Waals surface area contributed by atoms with Gasteiger partial charge in [0.25, 0.3) is 5.91 Å². The number of benzene rings is 1. The number of methoxy groups -OCH3 is 1. The molecule has 0 saturated heterocycles. The van der Waals surface area contributed by atoms with Crippen LogP contribution in [0.3, 0.4) is 0 Å². The van der Waals surface area contributed by atoms with E-state index < -0.39 is 0 Å². The van der Waals surface area contributed by atoms with Crippen molar-refractivity contribution in [1.29, 1.82) is 0 Å². The van der Waals surface area contributed by atoms with Crippen molar-refractivity contribution in [2.75, 3.05) is 20.7 Å². The average Bonchev–Trinajstić information content (AvgIpc) is 2.87. The van der Waals surface area contributed by atoms with Crippen LogP contribution in [0.2, 0.25) is 0 Å². The Hall–Kier alpha value is -2.37. The van der Waals surface area contributed by atoms with Crippen molar-refractivity contribution in [3.8, 4) is 0 Å². The van der Waals surface area contributed by atoms with Gasteiger partial charge in [0, 0.05) is 19.0 Å². The van der Waals surface area contributed by atoms with Crippen LogP contribution in [0.25, 0.3) is 10.9 Å². The molecule has 0 spiro atoms. The minimum Gasteiger partial charge on any atom is -0.469 e. The summed E-state index contributed by atoms with van der Waals surface area (Å²) in [5.74, 6) is -0.562. The standard InChI is InChI=1S/C13H15N3O3/c1-16(8-7-11(17)19-2)13(18)12-9-5-3-4-6-10(9)14-15-12/h3-6H,7-8H2,1-2H3,(H,14,15). The van der Waals surface area contributed by atoms with Crippen LogP contribution in [0.5, 0.6) is 0 Å². The fraction of sp³-hybridized carbons (Fsp3) is 0.308. The van der Waals surface area contributed by atoms with E-state index in [1.54, 1.807) is 7.05 Å². The van der Waals surface area contributed by atoms with E-state index in [2.05, 4.69) is 14.9 Å². The summed E-state index contributed by atoms with van der Waals surface area (Å²) in [7, 11) is 2.96. The summed E-state index contributed by atoms with van der Waals surface area (Å²) in [6.07, 6.45) is 0.168. The molecule has 1 aromatic heterocycles. The first-order valence-corrected chi connectivity index (χ1v) is 5.89. The molecule has 0 saturated carbocycles. The first-order valence-electron chi connectivity index (χ1n) is 5.89. The lowest BCUT2D eigenvalue weighted by Gasteiger charge is -2.15. The van der Waals surface area contributed by atoms with E-state index in [-0.39, 0.29) is 18.3 Å². The largest absolute Gasteiger partial charge is 0.469 e. The molecule has 1 amide bonds. The molecule has 19 heavy (non-hydrogen) atoms. The van der Waals surface area contributed by atoms with Gasteiger partial charge >= 0.3 is 5.97 Å². The van der Waals surface area contributed by atoms with Gasteiger partial charge in [0.2, 0.25) is 0 Å². The number of rotatable bonds is 4. The van der Waals surface area contributed by atoms with Crippen molar-refractivity contribution < 1.29 is 14.3 Å². The molecule has 2 rings (SSSR count). The number of ether oxygens (including phenoxy) is 1. The number of hydrogen-bond acceptors (Lipinski definition) is 4. The van der Waals surface area contributed by atoms with Crippen molar-refractivity contribution in [2.45, 2.75) is 6.42 Å². The molecule has 6 nitrogen and oxygen atoms in total. The van der Waals surface area contributed by atoms with Gasteiger partial charge in [-0.25, -0.2) is 0 Å². The first-order chi connectivity index (χ1) is 9.13. The van der Waals surface area contributed by atoms with Gasteiger partial charge in [-0.1, -0.05) is 18.2 Å². The van der Waals surface area contributed by atoms with Crippen LogP contribution in [0.15, 0.2) is 24.3 Å². The molecule has 0 fully saturated rings. The monoisotopic (exact) mass is 261 g/mol. The molecular formula is C13H15N3O3. The van der Waals surface area contributed by atoms with E-state index >= 15 is 0 Å². The van der Waals surface area contributed by atoms with Gasteiger partial charge < -0.3 is 9.64 Å². The van der Waals surface area contributed by atoms with Crippen molar-refractivity contribution >= 4 is 22.8 Å². The average molecular weight is 261 g/mol. The summed E-state index contributed by atoms with van der Waals surface area (Å²) in [5, 5.41) is 7.62. The minimum atomic E-state index is -0.341. The second-order valence-corrected chi connectivity index (χ2v) is 4.17. The highest BCUT2D eigenvalue weighted by molar-refractivity contribution is 6.04. The minimum absolute atomic E-state index is 0.168. The van der Waals surface area contributed by atoms with E-state index in [0.717, 1.165) is 10.9 Å². The number of hydrogen-bond donors (Lipinski definition) is 1. The molecule has 0 bridgehead atoms. The Morgan fingerprint density at radius 1 is 1.37 bits per heavy atom. The molecule has 0 unspecified atom stereocenters. The number of esters is 1.